The van der Waals surface area contributed by atoms with Crippen LogP contribution in [-0.4, -0.2) is 43.4 Å². The number of carbonyl (C=O) groups is 2. The summed E-state index contributed by atoms with van der Waals surface area (Å²) in [7, 11) is 3.18. The average molecular weight is 448 g/mol. The first kappa shape index (κ1) is 21.6. The zero-order valence-corrected chi connectivity index (χ0v) is 19.3. The minimum absolute atomic E-state index is 0.00606. The fourth-order valence-electron chi connectivity index (χ4n) is 6.09. The molecular weight excluding hydrogens is 418 g/mol. The first-order chi connectivity index (χ1) is 16.0. The van der Waals surface area contributed by atoms with Crippen LogP contribution < -0.4 is 9.47 Å². The Kier molecular flexibility index (Phi) is 5.39. The lowest BCUT2D eigenvalue weighted by atomic mass is 9.53. The van der Waals surface area contributed by atoms with Gasteiger partial charge in [0.05, 0.1) is 14.2 Å². The summed E-state index contributed by atoms with van der Waals surface area (Å²) in [6, 6.07) is 14.0. The van der Waals surface area contributed by atoms with E-state index in [4.69, 9.17) is 14.2 Å². The fraction of sp³-hybridized carbons (Fsp3) is 0.407. The van der Waals surface area contributed by atoms with Gasteiger partial charge in [0, 0.05) is 42.8 Å². The molecule has 5 rings (SSSR count). The Morgan fingerprint density at radius 2 is 1.91 bits per heavy atom. The van der Waals surface area contributed by atoms with Gasteiger partial charge in [-0.05, 0) is 36.1 Å². The highest BCUT2D eigenvalue weighted by Gasteiger charge is 2.57. The second kappa shape index (κ2) is 8.25. The van der Waals surface area contributed by atoms with E-state index in [1.54, 1.807) is 14.0 Å². The number of ketones is 1. The number of benzene rings is 2. The van der Waals surface area contributed by atoms with Gasteiger partial charge in [0.2, 0.25) is 5.91 Å². The van der Waals surface area contributed by atoms with Crippen LogP contribution >= 0.6 is 0 Å². The first-order valence-corrected chi connectivity index (χ1v) is 11.4. The number of fused-ring (bicyclic) bond motifs is 1. The third-order valence-corrected chi connectivity index (χ3v) is 7.54. The number of allylic oxidation sites excluding steroid dienone is 1. The van der Waals surface area contributed by atoms with Crippen molar-refractivity contribution in [3.8, 4) is 11.5 Å². The molecule has 0 N–H and O–H groups in total. The Labute approximate surface area is 194 Å². The molecule has 0 unspecified atom stereocenters. The first-order valence-electron chi connectivity index (χ1n) is 11.4. The number of hydrogen-bond acceptors (Lipinski definition) is 5. The van der Waals surface area contributed by atoms with Gasteiger partial charge in [-0.15, -0.1) is 0 Å². The smallest absolute Gasteiger partial charge is 0.219 e. The molecule has 1 saturated heterocycles. The number of amides is 1. The highest BCUT2D eigenvalue weighted by atomic mass is 16.5. The fourth-order valence-corrected chi connectivity index (χ4v) is 6.09. The zero-order valence-electron chi connectivity index (χ0n) is 19.3. The van der Waals surface area contributed by atoms with Crippen molar-refractivity contribution in [1.82, 2.24) is 4.90 Å². The van der Waals surface area contributed by atoms with Crippen LogP contribution in [0.2, 0.25) is 0 Å². The molecule has 2 bridgehead atoms. The van der Waals surface area contributed by atoms with Gasteiger partial charge in [-0.2, -0.15) is 0 Å². The van der Waals surface area contributed by atoms with Gasteiger partial charge in [-0.3, -0.25) is 9.59 Å². The quantitative estimate of drug-likeness (QED) is 0.698. The van der Waals surface area contributed by atoms with Crippen LogP contribution in [0, 0.1) is 5.92 Å². The van der Waals surface area contributed by atoms with Crippen LogP contribution in [0.1, 0.15) is 36.5 Å². The second-order valence-corrected chi connectivity index (χ2v) is 9.16. The molecule has 3 aliphatic rings. The summed E-state index contributed by atoms with van der Waals surface area (Å²) in [5.41, 5.74) is 2.78. The Hall–Kier alpha value is -3.28. The van der Waals surface area contributed by atoms with E-state index in [0.717, 1.165) is 16.7 Å². The molecule has 2 aliphatic carbocycles. The lowest BCUT2D eigenvalue weighted by molar-refractivity contribution is -0.137. The number of likely N-dealkylation sites (tertiary alicyclic amines) is 1. The molecule has 0 saturated carbocycles. The van der Waals surface area contributed by atoms with E-state index in [1.165, 1.54) is 7.11 Å². The molecule has 2 aromatic rings. The molecule has 33 heavy (non-hydrogen) atoms. The van der Waals surface area contributed by atoms with Crippen molar-refractivity contribution in [1.29, 1.82) is 0 Å². The molecule has 1 aliphatic heterocycles. The maximum Gasteiger partial charge on any atom is 0.219 e. The summed E-state index contributed by atoms with van der Waals surface area (Å²) in [5.74, 6) is 1.80. The number of Topliss-reactive ketones (excluding diaryl/α,β-unsaturated/α-hetero) is 1. The normalized spacial score (nSPS) is 25.5. The van der Waals surface area contributed by atoms with Crippen molar-refractivity contribution in [3.63, 3.8) is 0 Å². The van der Waals surface area contributed by atoms with Gasteiger partial charge >= 0.3 is 0 Å². The van der Waals surface area contributed by atoms with Gasteiger partial charge in [-0.25, -0.2) is 0 Å². The molecule has 0 radical (unpaired) electrons. The summed E-state index contributed by atoms with van der Waals surface area (Å²) >= 11 is 0. The maximum atomic E-state index is 13.1. The van der Waals surface area contributed by atoms with E-state index in [0.29, 0.717) is 49.7 Å². The predicted molar refractivity (Wildman–Crippen MR) is 123 cm³/mol. The predicted octanol–water partition coefficient (Wildman–Crippen LogP) is 3.81. The number of methoxy groups -OCH3 is 2. The minimum atomic E-state index is -0.454. The van der Waals surface area contributed by atoms with E-state index < -0.39 is 5.41 Å². The summed E-state index contributed by atoms with van der Waals surface area (Å²) in [4.78, 5) is 27.5. The van der Waals surface area contributed by atoms with Crippen LogP contribution in [0.25, 0.3) is 0 Å². The van der Waals surface area contributed by atoms with E-state index >= 15 is 0 Å². The third kappa shape index (κ3) is 3.39. The zero-order chi connectivity index (χ0) is 23.2. The number of piperidine rings is 1. The molecule has 6 nitrogen and oxygen atoms in total. The molecular formula is C27H29NO5. The van der Waals surface area contributed by atoms with Gasteiger partial charge in [-0.1, -0.05) is 36.4 Å². The topological polar surface area (TPSA) is 65.1 Å². The lowest BCUT2D eigenvalue weighted by Gasteiger charge is -2.57. The second-order valence-electron chi connectivity index (χ2n) is 9.16. The molecule has 172 valence electrons. The average Bonchev–Trinajstić information content (AvgIpc) is 2.82. The highest BCUT2D eigenvalue weighted by molar-refractivity contribution is 5.96. The molecule has 1 heterocycles. The Morgan fingerprint density at radius 1 is 1.12 bits per heavy atom. The number of ether oxygens (including phenoxy) is 3. The number of hydrogen-bond donors (Lipinski definition) is 0. The van der Waals surface area contributed by atoms with Gasteiger partial charge in [0.1, 0.15) is 6.61 Å². The van der Waals surface area contributed by atoms with Crippen LogP contribution in [-0.2, 0) is 32.8 Å². The van der Waals surface area contributed by atoms with E-state index in [9.17, 15) is 9.59 Å². The molecule has 3 atom stereocenters. The standard InChI is InChI=1S/C27H29NO5/c1-17(29)28-12-11-27-15-22(30)24(32-3)14-20(27)21(28)13-19-9-10-23(31-2)26(25(19)27)33-16-18-7-5-4-6-8-18/h4-10,14,20-21H,11-13,15-16H2,1-3H3/t20-,21+,27-/m0/s1. The van der Waals surface area contributed by atoms with Gasteiger partial charge in [0.15, 0.2) is 23.0 Å². The number of carbonyl (C=O) groups excluding carboxylic acids is 2. The maximum absolute atomic E-state index is 13.1. The summed E-state index contributed by atoms with van der Waals surface area (Å²) < 4.78 is 17.6. The summed E-state index contributed by atoms with van der Waals surface area (Å²) in [5, 5.41) is 0. The SMILES string of the molecule is COC1=C[C@H]2[C@H]3Cc4ccc(OC)c(OCc5ccccc5)c4[C@@]2(CCN3C(C)=O)CC1=O. The van der Waals surface area contributed by atoms with Crippen molar-refractivity contribution in [2.45, 2.75) is 44.2 Å². The Balaban J connectivity index is 1.67. The van der Waals surface area contributed by atoms with Crippen molar-refractivity contribution in [3.05, 3.63) is 71.0 Å². The lowest BCUT2D eigenvalue weighted by Crippen LogP contribution is -2.62. The van der Waals surface area contributed by atoms with Crippen LogP contribution in [0.4, 0.5) is 0 Å². The largest absolute Gasteiger partial charge is 0.493 e. The van der Waals surface area contributed by atoms with Crippen LogP contribution in [0.3, 0.4) is 0 Å². The van der Waals surface area contributed by atoms with E-state index in [-0.39, 0.29) is 23.7 Å². The highest BCUT2D eigenvalue weighted by Crippen LogP contribution is 2.58. The van der Waals surface area contributed by atoms with Crippen molar-refractivity contribution in [2.24, 2.45) is 5.92 Å². The molecule has 0 spiro atoms. The third-order valence-electron chi connectivity index (χ3n) is 7.54. The molecule has 1 fully saturated rings. The van der Waals surface area contributed by atoms with E-state index in [2.05, 4.69) is 6.07 Å². The van der Waals surface area contributed by atoms with Gasteiger partial charge < -0.3 is 19.1 Å². The van der Waals surface area contributed by atoms with Gasteiger partial charge in [0.25, 0.3) is 0 Å². The molecule has 0 aromatic heterocycles. The monoisotopic (exact) mass is 447 g/mol. The van der Waals surface area contributed by atoms with Crippen LogP contribution in [0.5, 0.6) is 11.5 Å². The molecule has 2 aromatic carbocycles. The van der Waals surface area contributed by atoms with Crippen molar-refractivity contribution in [2.75, 3.05) is 20.8 Å². The number of rotatable bonds is 5. The van der Waals surface area contributed by atoms with Crippen LogP contribution in [0.15, 0.2) is 54.3 Å². The number of nitrogens with zero attached hydrogens (tertiary/aromatic N) is 1. The summed E-state index contributed by atoms with van der Waals surface area (Å²) in [6.07, 6.45) is 3.68. The van der Waals surface area contributed by atoms with E-state index in [1.807, 2.05) is 47.4 Å². The van der Waals surface area contributed by atoms with Crippen molar-refractivity contribution < 1.29 is 23.8 Å². The molecule has 6 heteroatoms. The molecule has 1 amide bonds. The minimum Gasteiger partial charge on any atom is -0.493 e. The summed E-state index contributed by atoms with van der Waals surface area (Å²) in [6.45, 7) is 2.65. The Morgan fingerprint density at radius 3 is 2.61 bits per heavy atom. The van der Waals surface area contributed by atoms with Crippen molar-refractivity contribution >= 4 is 11.7 Å². The Bertz CT molecular complexity index is 1120.